The minimum Gasteiger partial charge on any atom is -0.491 e. The first-order chi connectivity index (χ1) is 14.1. The lowest BCUT2D eigenvalue weighted by Crippen LogP contribution is -2.34. The van der Waals surface area contributed by atoms with Crippen molar-refractivity contribution in [1.82, 2.24) is 10.1 Å². The molecule has 0 unspecified atom stereocenters. The SMILES string of the molecule is CN(C)c1ccccc1OCCCN1CCC(c2onc3cc(F)ccc23)CC1. The van der Waals surface area contributed by atoms with Crippen LogP contribution in [0.5, 0.6) is 5.75 Å². The van der Waals surface area contributed by atoms with Crippen LogP contribution in [0.4, 0.5) is 10.1 Å². The number of halogens is 1. The van der Waals surface area contributed by atoms with Crippen LogP contribution >= 0.6 is 0 Å². The number of hydrogen-bond acceptors (Lipinski definition) is 5. The van der Waals surface area contributed by atoms with Crippen LogP contribution in [0.25, 0.3) is 10.9 Å². The molecule has 0 radical (unpaired) electrons. The van der Waals surface area contributed by atoms with Crippen LogP contribution in [0.2, 0.25) is 0 Å². The van der Waals surface area contributed by atoms with Gasteiger partial charge >= 0.3 is 0 Å². The molecule has 4 rings (SSSR count). The van der Waals surface area contributed by atoms with Crippen LogP contribution in [-0.4, -0.2) is 50.4 Å². The standard InChI is InChI=1S/C23H28FN3O2/c1-26(2)21-6-3-4-7-22(21)28-15-5-12-27-13-10-17(11-14-27)23-19-9-8-18(24)16-20(19)25-29-23/h3-4,6-9,16-17H,5,10-15H2,1-2H3. The van der Waals surface area contributed by atoms with Gasteiger partial charge in [0.15, 0.2) is 0 Å². The number of anilines is 1. The first-order valence-corrected chi connectivity index (χ1v) is 10.3. The van der Waals surface area contributed by atoms with Gasteiger partial charge in [-0.25, -0.2) is 4.39 Å². The van der Waals surface area contributed by atoms with E-state index in [2.05, 4.69) is 21.0 Å². The third-order valence-electron chi connectivity index (χ3n) is 5.65. The molecule has 1 fully saturated rings. The Kier molecular flexibility index (Phi) is 6.00. The monoisotopic (exact) mass is 397 g/mol. The Morgan fingerprint density at radius 2 is 1.97 bits per heavy atom. The van der Waals surface area contributed by atoms with Gasteiger partial charge < -0.3 is 19.1 Å². The molecule has 0 atom stereocenters. The molecule has 0 saturated carbocycles. The highest BCUT2D eigenvalue weighted by molar-refractivity contribution is 5.80. The smallest absolute Gasteiger partial charge is 0.147 e. The molecule has 3 aromatic rings. The maximum Gasteiger partial charge on any atom is 0.147 e. The molecule has 0 bridgehead atoms. The van der Waals surface area contributed by atoms with Crippen molar-refractivity contribution in [2.24, 2.45) is 0 Å². The van der Waals surface area contributed by atoms with Crippen LogP contribution in [0.3, 0.4) is 0 Å². The first-order valence-electron chi connectivity index (χ1n) is 10.3. The Balaban J connectivity index is 1.24. The van der Waals surface area contributed by atoms with Crippen LogP contribution in [0.1, 0.15) is 30.9 Å². The summed E-state index contributed by atoms with van der Waals surface area (Å²) in [5.41, 5.74) is 1.71. The summed E-state index contributed by atoms with van der Waals surface area (Å²) in [6.07, 6.45) is 3.06. The number of para-hydroxylation sites is 2. The predicted octanol–water partition coefficient (Wildman–Crippen LogP) is 4.68. The molecule has 1 saturated heterocycles. The van der Waals surface area contributed by atoms with Gasteiger partial charge in [0.2, 0.25) is 0 Å². The number of fused-ring (bicyclic) bond motifs is 1. The largest absolute Gasteiger partial charge is 0.491 e. The van der Waals surface area contributed by atoms with E-state index in [0.29, 0.717) is 18.0 Å². The Labute approximate surface area is 171 Å². The fourth-order valence-corrected chi connectivity index (χ4v) is 4.07. The molecule has 1 aliphatic rings. The number of aromatic nitrogens is 1. The zero-order chi connectivity index (χ0) is 20.2. The van der Waals surface area contributed by atoms with Crippen LogP contribution in [0.15, 0.2) is 47.0 Å². The summed E-state index contributed by atoms with van der Waals surface area (Å²) in [5, 5.41) is 4.98. The van der Waals surface area contributed by atoms with Gasteiger partial charge in [-0.3, -0.25) is 0 Å². The third-order valence-corrected chi connectivity index (χ3v) is 5.65. The van der Waals surface area contributed by atoms with Gasteiger partial charge in [-0.2, -0.15) is 0 Å². The summed E-state index contributed by atoms with van der Waals surface area (Å²) in [7, 11) is 4.06. The number of nitrogens with zero attached hydrogens (tertiary/aromatic N) is 3. The predicted molar refractivity (Wildman–Crippen MR) is 113 cm³/mol. The third kappa shape index (κ3) is 4.53. The maximum absolute atomic E-state index is 13.4. The minimum absolute atomic E-state index is 0.275. The fourth-order valence-electron chi connectivity index (χ4n) is 4.07. The van der Waals surface area contributed by atoms with Crippen LogP contribution < -0.4 is 9.64 Å². The lowest BCUT2D eigenvalue weighted by molar-refractivity contribution is 0.183. The van der Waals surface area contributed by atoms with E-state index in [1.54, 1.807) is 6.07 Å². The average Bonchev–Trinajstić information content (AvgIpc) is 3.15. The first kappa shape index (κ1) is 19.7. The molecule has 1 aliphatic heterocycles. The number of benzene rings is 2. The fraction of sp³-hybridized carbons (Fsp3) is 0.435. The molecular formula is C23H28FN3O2. The van der Waals surface area contributed by atoms with Crippen molar-refractivity contribution < 1.29 is 13.7 Å². The molecule has 29 heavy (non-hydrogen) atoms. The quantitative estimate of drug-likeness (QED) is 0.542. The van der Waals surface area contributed by atoms with Crippen molar-refractivity contribution in [2.45, 2.75) is 25.2 Å². The molecule has 5 nitrogen and oxygen atoms in total. The van der Waals surface area contributed by atoms with Gasteiger partial charge in [0.25, 0.3) is 0 Å². The van der Waals surface area contributed by atoms with E-state index in [4.69, 9.17) is 9.26 Å². The van der Waals surface area contributed by atoms with Crippen molar-refractivity contribution in [1.29, 1.82) is 0 Å². The molecule has 1 aromatic heterocycles. The second-order valence-corrected chi connectivity index (χ2v) is 7.89. The van der Waals surface area contributed by atoms with Crippen molar-refractivity contribution in [3.05, 3.63) is 54.0 Å². The van der Waals surface area contributed by atoms with Crippen molar-refractivity contribution in [3.8, 4) is 5.75 Å². The molecular weight excluding hydrogens is 369 g/mol. The molecule has 2 heterocycles. The van der Waals surface area contributed by atoms with Crippen molar-refractivity contribution >= 4 is 16.6 Å². The van der Waals surface area contributed by atoms with E-state index in [9.17, 15) is 4.39 Å². The summed E-state index contributed by atoms with van der Waals surface area (Å²) in [6.45, 7) is 3.80. The Hall–Kier alpha value is -2.60. The number of rotatable bonds is 7. The summed E-state index contributed by atoms with van der Waals surface area (Å²) in [4.78, 5) is 4.55. The second-order valence-electron chi connectivity index (χ2n) is 7.89. The lowest BCUT2D eigenvalue weighted by atomic mass is 9.92. The lowest BCUT2D eigenvalue weighted by Gasteiger charge is -2.30. The number of piperidine rings is 1. The van der Waals surface area contributed by atoms with Gasteiger partial charge in [0.1, 0.15) is 22.8 Å². The van der Waals surface area contributed by atoms with E-state index in [-0.39, 0.29) is 5.82 Å². The molecule has 0 aliphatic carbocycles. The Morgan fingerprint density at radius 3 is 2.76 bits per heavy atom. The summed E-state index contributed by atoms with van der Waals surface area (Å²) in [5.74, 6) is 1.92. The van der Waals surface area contributed by atoms with Crippen molar-refractivity contribution in [3.63, 3.8) is 0 Å². The number of likely N-dealkylation sites (tertiary alicyclic amines) is 1. The second kappa shape index (κ2) is 8.82. The van der Waals surface area contributed by atoms with Gasteiger partial charge in [0, 0.05) is 38.0 Å². The number of hydrogen-bond donors (Lipinski definition) is 0. The van der Waals surface area contributed by atoms with Crippen molar-refractivity contribution in [2.75, 3.05) is 45.2 Å². The van der Waals surface area contributed by atoms with Crippen LogP contribution in [-0.2, 0) is 0 Å². The van der Waals surface area contributed by atoms with E-state index in [0.717, 1.165) is 61.5 Å². The molecule has 6 heteroatoms. The average molecular weight is 397 g/mol. The van der Waals surface area contributed by atoms with E-state index in [1.807, 2.05) is 32.3 Å². The molecule has 0 amide bonds. The summed E-state index contributed by atoms with van der Waals surface area (Å²) < 4.78 is 24.9. The molecule has 0 N–H and O–H groups in total. The topological polar surface area (TPSA) is 41.7 Å². The normalized spacial score (nSPS) is 15.7. The van der Waals surface area contributed by atoms with Gasteiger partial charge in [-0.05, 0) is 56.6 Å². The minimum atomic E-state index is -0.275. The summed E-state index contributed by atoms with van der Waals surface area (Å²) >= 11 is 0. The zero-order valence-electron chi connectivity index (χ0n) is 17.1. The molecule has 154 valence electrons. The highest BCUT2D eigenvalue weighted by Gasteiger charge is 2.25. The molecule has 2 aromatic carbocycles. The van der Waals surface area contributed by atoms with Gasteiger partial charge in [-0.1, -0.05) is 17.3 Å². The highest BCUT2D eigenvalue weighted by Crippen LogP contribution is 2.33. The maximum atomic E-state index is 13.4. The Morgan fingerprint density at radius 1 is 1.17 bits per heavy atom. The van der Waals surface area contributed by atoms with E-state index >= 15 is 0 Å². The van der Waals surface area contributed by atoms with E-state index in [1.165, 1.54) is 12.1 Å². The van der Waals surface area contributed by atoms with Crippen LogP contribution in [0, 0.1) is 5.82 Å². The zero-order valence-corrected chi connectivity index (χ0v) is 17.1. The number of ether oxygens (including phenoxy) is 1. The van der Waals surface area contributed by atoms with Gasteiger partial charge in [0.05, 0.1) is 12.3 Å². The molecule has 0 spiro atoms. The van der Waals surface area contributed by atoms with Gasteiger partial charge in [-0.15, -0.1) is 0 Å². The Bertz CT molecular complexity index is 948. The summed E-state index contributed by atoms with van der Waals surface area (Å²) in [6, 6.07) is 12.8. The highest BCUT2D eigenvalue weighted by atomic mass is 19.1. The van der Waals surface area contributed by atoms with E-state index < -0.39 is 0 Å².